The van der Waals surface area contributed by atoms with Crippen molar-refractivity contribution < 1.29 is 22.6 Å². The largest absolute Gasteiger partial charge is 0.372 e. The lowest BCUT2D eigenvalue weighted by molar-refractivity contribution is -0.211. The summed E-state index contributed by atoms with van der Waals surface area (Å²) in [5.74, 6) is -0.846. The molecule has 7 heteroatoms. The van der Waals surface area contributed by atoms with E-state index in [4.69, 9.17) is 14.2 Å². The van der Waals surface area contributed by atoms with Crippen molar-refractivity contribution in [3.8, 4) is 0 Å². The fraction of sp³-hybridized carbons (Fsp3) is 0.647. The second-order valence-corrected chi connectivity index (χ2v) is 8.30. The molecule has 2 heterocycles. The molecule has 0 spiro atoms. The topological polar surface area (TPSA) is 68.4 Å². The molecule has 0 aromatic heterocycles. The fourth-order valence-corrected chi connectivity index (χ4v) is 4.50. The molecule has 24 heavy (non-hydrogen) atoms. The van der Waals surface area contributed by atoms with Gasteiger partial charge in [-0.15, -0.1) is 0 Å². The van der Waals surface area contributed by atoms with E-state index in [1.165, 1.54) is 4.31 Å². The standard InChI is InChI=1S/C17H25NO5S/c1-3-22-17(9-4-10-23-17)13-18(11-15-12-21-15)24(19,20)16-7-5-14(2)6-8-16/h5-8,15H,3-4,9-13H2,1-2H3. The molecule has 2 fully saturated rings. The summed E-state index contributed by atoms with van der Waals surface area (Å²) >= 11 is 0. The summed E-state index contributed by atoms with van der Waals surface area (Å²) in [4.78, 5) is 0.290. The monoisotopic (exact) mass is 355 g/mol. The van der Waals surface area contributed by atoms with E-state index < -0.39 is 15.8 Å². The lowest BCUT2D eigenvalue weighted by Crippen LogP contribution is -2.48. The Bertz CT molecular complexity index is 648. The molecule has 2 aliphatic rings. The molecule has 3 rings (SSSR count). The summed E-state index contributed by atoms with van der Waals surface area (Å²) in [7, 11) is -3.62. The van der Waals surface area contributed by atoms with E-state index in [1.807, 2.05) is 26.0 Å². The maximum atomic E-state index is 13.1. The summed E-state index contributed by atoms with van der Waals surface area (Å²) in [5.41, 5.74) is 1.02. The second kappa shape index (κ2) is 7.09. The molecule has 0 aliphatic carbocycles. The zero-order valence-electron chi connectivity index (χ0n) is 14.2. The average Bonchev–Trinajstić information content (AvgIpc) is 3.25. The highest BCUT2D eigenvalue weighted by Crippen LogP contribution is 2.31. The normalized spacial score (nSPS) is 26.9. The fourth-order valence-electron chi connectivity index (χ4n) is 3.00. The number of rotatable bonds is 8. The molecule has 0 amide bonds. The van der Waals surface area contributed by atoms with Crippen LogP contribution in [0, 0.1) is 6.92 Å². The first kappa shape index (κ1) is 17.8. The quantitative estimate of drug-likeness (QED) is 0.667. The molecular formula is C17H25NO5S. The highest BCUT2D eigenvalue weighted by Gasteiger charge is 2.43. The van der Waals surface area contributed by atoms with Crippen LogP contribution in [-0.4, -0.2) is 57.5 Å². The first-order chi connectivity index (χ1) is 11.5. The molecule has 0 saturated carbocycles. The highest BCUT2D eigenvalue weighted by atomic mass is 32.2. The molecule has 2 aliphatic heterocycles. The van der Waals surface area contributed by atoms with Crippen LogP contribution in [0.25, 0.3) is 0 Å². The summed E-state index contributed by atoms with van der Waals surface area (Å²) in [6.07, 6.45) is 1.54. The highest BCUT2D eigenvalue weighted by molar-refractivity contribution is 7.89. The van der Waals surface area contributed by atoms with Gasteiger partial charge in [-0.2, -0.15) is 4.31 Å². The van der Waals surface area contributed by atoms with E-state index in [0.29, 0.717) is 37.7 Å². The maximum absolute atomic E-state index is 13.1. The van der Waals surface area contributed by atoms with Crippen LogP contribution in [-0.2, 0) is 24.2 Å². The third-order valence-corrected chi connectivity index (χ3v) is 6.19. The van der Waals surface area contributed by atoms with E-state index in [9.17, 15) is 8.42 Å². The third-order valence-electron chi connectivity index (χ3n) is 4.36. The van der Waals surface area contributed by atoms with Crippen molar-refractivity contribution in [2.45, 2.75) is 43.5 Å². The Morgan fingerprint density at radius 3 is 2.58 bits per heavy atom. The lowest BCUT2D eigenvalue weighted by atomic mass is 10.2. The molecule has 0 N–H and O–H groups in total. The molecule has 134 valence electrons. The number of aryl methyl sites for hydroxylation is 1. The lowest BCUT2D eigenvalue weighted by Gasteiger charge is -2.33. The van der Waals surface area contributed by atoms with Gasteiger partial charge in [-0.25, -0.2) is 8.42 Å². The average molecular weight is 355 g/mol. The van der Waals surface area contributed by atoms with Gasteiger partial charge in [-0.05, 0) is 32.4 Å². The van der Waals surface area contributed by atoms with Crippen LogP contribution in [0.15, 0.2) is 29.2 Å². The van der Waals surface area contributed by atoms with Gasteiger partial charge >= 0.3 is 0 Å². The minimum atomic E-state index is -3.62. The van der Waals surface area contributed by atoms with Gasteiger partial charge in [0, 0.05) is 19.6 Å². The van der Waals surface area contributed by atoms with Crippen molar-refractivity contribution in [3.63, 3.8) is 0 Å². The van der Waals surface area contributed by atoms with E-state index in [-0.39, 0.29) is 12.6 Å². The minimum Gasteiger partial charge on any atom is -0.372 e. The molecule has 0 radical (unpaired) electrons. The molecule has 2 unspecified atom stereocenters. The summed E-state index contributed by atoms with van der Waals surface area (Å²) < 4.78 is 44.5. The Labute approximate surface area is 143 Å². The van der Waals surface area contributed by atoms with Gasteiger partial charge in [-0.3, -0.25) is 0 Å². The van der Waals surface area contributed by atoms with Crippen LogP contribution < -0.4 is 0 Å². The Balaban J connectivity index is 1.86. The maximum Gasteiger partial charge on any atom is 0.243 e. The Hall–Kier alpha value is -0.990. The van der Waals surface area contributed by atoms with Crippen LogP contribution in [0.4, 0.5) is 0 Å². The van der Waals surface area contributed by atoms with Crippen LogP contribution in [0.1, 0.15) is 25.3 Å². The molecule has 6 nitrogen and oxygen atoms in total. The molecule has 2 saturated heterocycles. The Morgan fingerprint density at radius 2 is 2.04 bits per heavy atom. The van der Waals surface area contributed by atoms with Gasteiger partial charge < -0.3 is 14.2 Å². The van der Waals surface area contributed by atoms with Crippen LogP contribution in [0.2, 0.25) is 0 Å². The van der Waals surface area contributed by atoms with Crippen molar-refractivity contribution in [2.24, 2.45) is 0 Å². The van der Waals surface area contributed by atoms with Gasteiger partial charge in [0.1, 0.15) is 0 Å². The summed E-state index contributed by atoms with van der Waals surface area (Å²) in [6.45, 7) is 6.03. The zero-order chi connectivity index (χ0) is 17.2. The molecular weight excluding hydrogens is 330 g/mol. The molecule has 0 bridgehead atoms. The predicted octanol–water partition coefficient (Wildman–Crippen LogP) is 1.93. The van der Waals surface area contributed by atoms with Crippen LogP contribution in [0.3, 0.4) is 0 Å². The van der Waals surface area contributed by atoms with E-state index >= 15 is 0 Å². The third kappa shape index (κ3) is 3.97. The zero-order valence-corrected chi connectivity index (χ0v) is 15.0. The van der Waals surface area contributed by atoms with E-state index in [2.05, 4.69) is 0 Å². The number of epoxide rings is 1. The predicted molar refractivity (Wildman–Crippen MR) is 89.2 cm³/mol. The number of benzene rings is 1. The van der Waals surface area contributed by atoms with Gasteiger partial charge in [0.15, 0.2) is 5.79 Å². The van der Waals surface area contributed by atoms with Crippen molar-refractivity contribution >= 4 is 10.0 Å². The van der Waals surface area contributed by atoms with Crippen LogP contribution in [0.5, 0.6) is 0 Å². The van der Waals surface area contributed by atoms with Crippen LogP contribution >= 0.6 is 0 Å². The van der Waals surface area contributed by atoms with Crippen molar-refractivity contribution in [2.75, 3.05) is 32.9 Å². The van der Waals surface area contributed by atoms with Gasteiger partial charge in [0.25, 0.3) is 0 Å². The molecule has 1 aromatic carbocycles. The van der Waals surface area contributed by atoms with Gasteiger partial charge in [0.05, 0.1) is 30.8 Å². The smallest absolute Gasteiger partial charge is 0.243 e. The number of hydrogen-bond donors (Lipinski definition) is 0. The summed E-state index contributed by atoms with van der Waals surface area (Å²) in [6, 6.07) is 6.91. The van der Waals surface area contributed by atoms with E-state index in [0.717, 1.165) is 12.0 Å². The van der Waals surface area contributed by atoms with Crippen molar-refractivity contribution in [3.05, 3.63) is 29.8 Å². The minimum absolute atomic E-state index is 0.0368. The van der Waals surface area contributed by atoms with Gasteiger partial charge in [-0.1, -0.05) is 17.7 Å². The first-order valence-corrected chi connectivity index (χ1v) is 9.85. The number of sulfonamides is 1. The van der Waals surface area contributed by atoms with Crippen molar-refractivity contribution in [1.29, 1.82) is 0 Å². The number of ether oxygens (including phenoxy) is 3. The number of hydrogen-bond acceptors (Lipinski definition) is 5. The van der Waals surface area contributed by atoms with Crippen molar-refractivity contribution in [1.82, 2.24) is 4.31 Å². The van der Waals surface area contributed by atoms with E-state index in [1.54, 1.807) is 12.1 Å². The summed E-state index contributed by atoms with van der Waals surface area (Å²) in [5, 5.41) is 0. The van der Waals surface area contributed by atoms with Gasteiger partial charge in [0.2, 0.25) is 10.0 Å². The second-order valence-electron chi connectivity index (χ2n) is 6.36. The Kier molecular flexibility index (Phi) is 5.27. The first-order valence-electron chi connectivity index (χ1n) is 8.41. The SMILES string of the molecule is CCOC1(CN(CC2CO2)S(=O)(=O)c2ccc(C)cc2)CCCO1. The molecule has 1 aromatic rings. The number of nitrogens with zero attached hydrogens (tertiary/aromatic N) is 1. The molecule has 2 atom stereocenters. The Morgan fingerprint density at radius 1 is 1.33 bits per heavy atom.